The summed E-state index contributed by atoms with van der Waals surface area (Å²) < 4.78 is 0. The average Bonchev–Trinajstić information content (AvgIpc) is 3.16. The molecule has 1 heteroatoms. The van der Waals surface area contributed by atoms with Crippen molar-refractivity contribution in [1.82, 2.24) is 5.32 Å². The topological polar surface area (TPSA) is 12.0 Å². The summed E-state index contributed by atoms with van der Waals surface area (Å²) in [5.41, 5.74) is 0.691. The van der Waals surface area contributed by atoms with E-state index in [0.717, 1.165) is 12.0 Å². The SMILES string of the molecule is C1CCCCC2(CCCC2)CNC(C2CCCC2)CCC1. The van der Waals surface area contributed by atoms with Gasteiger partial charge in [-0.05, 0) is 49.9 Å². The van der Waals surface area contributed by atoms with Gasteiger partial charge >= 0.3 is 0 Å². The van der Waals surface area contributed by atoms with Crippen molar-refractivity contribution >= 4 is 0 Å². The first kappa shape index (κ1) is 15.8. The minimum absolute atomic E-state index is 0.691. The van der Waals surface area contributed by atoms with E-state index in [9.17, 15) is 0 Å². The Morgan fingerprint density at radius 2 is 1.10 bits per heavy atom. The molecule has 2 saturated carbocycles. The molecule has 0 radical (unpaired) electrons. The summed E-state index contributed by atoms with van der Waals surface area (Å²) in [6.45, 7) is 1.34. The molecule has 0 amide bonds. The van der Waals surface area contributed by atoms with E-state index in [0.29, 0.717) is 5.41 Å². The monoisotopic (exact) mass is 291 g/mol. The highest BCUT2D eigenvalue weighted by molar-refractivity contribution is 4.90. The fourth-order valence-corrected chi connectivity index (χ4v) is 5.42. The number of rotatable bonds is 1. The number of hydrogen-bond acceptors (Lipinski definition) is 1. The van der Waals surface area contributed by atoms with E-state index in [4.69, 9.17) is 0 Å². The minimum atomic E-state index is 0.691. The summed E-state index contributed by atoms with van der Waals surface area (Å²) in [5, 5.41) is 4.11. The van der Waals surface area contributed by atoms with Crippen molar-refractivity contribution < 1.29 is 0 Å². The molecule has 21 heavy (non-hydrogen) atoms. The van der Waals surface area contributed by atoms with Crippen molar-refractivity contribution in [3.63, 3.8) is 0 Å². The van der Waals surface area contributed by atoms with E-state index >= 15 is 0 Å². The summed E-state index contributed by atoms with van der Waals surface area (Å²) in [7, 11) is 0. The zero-order valence-corrected chi connectivity index (χ0v) is 14.2. The molecule has 0 aromatic carbocycles. The van der Waals surface area contributed by atoms with E-state index in [1.165, 1.54) is 109 Å². The highest BCUT2D eigenvalue weighted by Gasteiger charge is 2.34. The fourth-order valence-electron chi connectivity index (χ4n) is 5.42. The first-order valence-electron chi connectivity index (χ1n) is 10.1. The lowest BCUT2D eigenvalue weighted by Gasteiger charge is -2.34. The molecule has 3 fully saturated rings. The van der Waals surface area contributed by atoms with Crippen LogP contribution in [-0.2, 0) is 0 Å². The van der Waals surface area contributed by atoms with Gasteiger partial charge in [0.1, 0.15) is 0 Å². The Balaban J connectivity index is 1.60. The summed E-state index contributed by atoms with van der Waals surface area (Å²) in [6, 6.07) is 0.851. The predicted molar refractivity (Wildman–Crippen MR) is 91.6 cm³/mol. The quantitative estimate of drug-likeness (QED) is 0.641. The van der Waals surface area contributed by atoms with E-state index in [1.54, 1.807) is 0 Å². The second kappa shape index (κ2) is 7.99. The van der Waals surface area contributed by atoms with Crippen LogP contribution in [0.1, 0.15) is 103 Å². The molecule has 122 valence electrons. The molecule has 1 saturated heterocycles. The van der Waals surface area contributed by atoms with Crippen molar-refractivity contribution in [3.05, 3.63) is 0 Å². The second-order valence-electron chi connectivity index (χ2n) is 8.40. The maximum atomic E-state index is 4.11. The van der Waals surface area contributed by atoms with Gasteiger partial charge in [-0.2, -0.15) is 0 Å². The molecule has 0 bridgehead atoms. The summed E-state index contributed by atoms with van der Waals surface area (Å²) >= 11 is 0. The minimum Gasteiger partial charge on any atom is -0.313 e. The zero-order chi connectivity index (χ0) is 14.4. The average molecular weight is 292 g/mol. The fraction of sp³-hybridized carbons (Fsp3) is 1.00. The van der Waals surface area contributed by atoms with Crippen LogP contribution in [0.3, 0.4) is 0 Å². The normalized spacial score (nSPS) is 32.9. The molecule has 2 aliphatic carbocycles. The van der Waals surface area contributed by atoms with Gasteiger partial charge in [-0.25, -0.2) is 0 Å². The first-order chi connectivity index (χ1) is 10.4. The van der Waals surface area contributed by atoms with Gasteiger partial charge in [-0.15, -0.1) is 0 Å². The van der Waals surface area contributed by atoms with Gasteiger partial charge in [0, 0.05) is 12.6 Å². The Hall–Kier alpha value is -0.0400. The summed E-state index contributed by atoms with van der Waals surface area (Å²) in [4.78, 5) is 0. The van der Waals surface area contributed by atoms with Crippen LogP contribution in [0.15, 0.2) is 0 Å². The van der Waals surface area contributed by atoms with Gasteiger partial charge < -0.3 is 5.32 Å². The van der Waals surface area contributed by atoms with E-state index in [2.05, 4.69) is 5.32 Å². The van der Waals surface area contributed by atoms with Crippen LogP contribution < -0.4 is 5.32 Å². The van der Waals surface area contributed by atoms with E-state index in [-0.39, 0.29) is 0 Å². The summed E-state index contributed by atoms with van der Waals surface area (Å²) in [6.07, 6.45) is 23.9. The van der Waals surface area contributed by atoms with Gasteiger partial charge in [0.2, 0.25) is 0 Å². The number of nitrogens with one attached hydrogen (secondary N) is 1. The molecule has 1 unspecified atom stereocenters. The molecule has 3 aliphatic rings. The lowest BCUT2D eigenvalue weighted by atomic mass is 9.79. The standard InChI is InChI=1S/C20H37N/c1-2-4-8-14-20(15-9-10-16-20)17-21-19(13-5-3-1)18-11-6-7-12-18/h18-19,21H,1-17H2. The Bertz CT molecular complexity index is 286. The molecular formula is C20H37N. The highest BCUT2D eigenvalue weighted by atomic mass is 14.9. The Kier molecular flexibility index (Phi) is 6.03. The van der Waals surface area contributed by atoms with Crippen LogP contribution in [0.25, 0.3) is 0 Å². The van der Waals surface area contributed by atoms with Crippen LogP contribution in [0, 0.1) is 11.3 Å². The lowest BCUT2D eigenvalue weighted by Crippen LogP contribution is -2.42. The molecule has 1 spiro atoms. The van der Waals surface area contributed by atoms with E-state index < -0.39 is 0 Å². The second-order valence-corrected chi connectivity index (χ2v) is 8.40. The van der Waals surface area contributed by atoms with Gasteiger partial charge in [-0.1, -0.05) is 64.2 Å². The van der Waals surface area contributed by atoms with Gasteiger partial charge in [0.15, 0.2) is 0 Å². The largest absolute Gasteiger partial charge is 0.313 e. The third-order valence-electron chi connectivity index (χ3n) is 6.84. The maximum Gasteiger partial charge on any atom is 0.00955 e. The zero-order valence-electron chi connectivity index (χ0n) is 14.2. The van der Waals surface area contributed by atoms with Crippen LogP contribution in [0.5, 0.6) is 0 Å². The van der Waals surface area contributed by atoms with Crippen LogP contribution >= 0.6 is 0 Å². The van der Waals surface area contributed by atoms with E-state index in [1.807, 2.05) is 0 Å². The van der Waals surface area contributed by atoms with Gasteiger partial charge in [0.25, 0.3) is 0 Å². The van der Waals surface area contributed by atoms with Gasteiger partial charge in [-0.3, -0.25) is 0 Å². The smallest absolute Gasteiger partial charge is 0.00955 e. The van der Waals surface area contributed by atoms with Gasteiger partial charge in [0.05, 0.1) is 0 Å². The predicted octanol–water partition coefficient (Wildman–Crippen LogP) is 5.83. The number of hydrogen-bond donors (Lipinski definition) is 1. The lowest BCUT2D eigenvalue weighted by molar-refractivity contribution is 0.211. The molecule has 1 aliphatic heterocycles. The molecule has 0 aromatic heterocycles. The van der Waals surface area contributed by atoms with Crippen molar-refractivity contribution in [2.45, 2.75) is 109 Å². The van der Waals surface area contributed by atoms with Crippen molar-refractivity contribution in [3.8, 4) is 0 Å². The third kappa shape index (κ3) is 4.47. The molecule has 1 nitrogen and oxygen atoms in total. The van der Waals surface area contributed by atoms with Crippen molar-refractivity contribution in [1.29, 1.82) is 0 Å². The molecule has 1 heterocycles. The Labute approximate surface area is 132 Å². The van der Waals surface area contributed by atoms with Crippen LogP contribution in [0.2, 0.25) is 0 Å². The molecule has 3 rings (SSSR count). The molecule has 0 aromatic rings. The Morgan fingerprint density at radius 3 is 1.81 bits per heavy atom. The van der Waals surface area contributed by atoms with Crippen LogP contribution in [-0.4, -0.2) is 12.6 Å². The summed E-state index contributed by atoms with van der Waals surface area (Å²) in [5.74, 6) is 1.01. The van der Waals surface area contributed by atoms with Crippen molar-refractivity contribution in [2.24, 2.45) is 11.3 Å². The third-order valence-corrected chi connectivity index (χ3v) is 6.84. The van der Waals surface area contributed by atoms with Crippen LogP contribution in [0.4, 0.5) is 0 Å². The molecule has 1 atom stereocenters. The first-order valence-corrected chi connectivity index (χ1v) is 10.1. The molecule has 1 N–H and O–H groups in total. The van der Waals surface area contributed by atoms with Crippen molar-refractivity contribution in [2.75, 3.05) is 6.54 Å². The highest BCUT2D eigenvalue weighted by Crippen LogP contribution is 2.42. The molecular weight excluding hydrogens is 254 g/mol. The maximum absolute atomic E-state index is 4.11. The Morgan fingerprint density at radius 1 is 0.571 bits per heavy atom.